The molecule has 0 aromatic carbocycles. The van der Waals surface area contributed by atoms with Gasteiger partial charge in [0.2, 0.25) is 0 Å². The van der Waals surface area contributed by atoms with E-state index in [2.05, 4.69) is 16.2 Å². The van der Waals surface area contributed by atoms with E-state index in [0.29, 0.717) is 24.6 Å². The maximum absolute atomic E-state index is 12.6. The number of hydrogen-bond acceptors (Lipinski definition) is 3. The zero-order chi connectivity index (χ0) is 17.9. The number of carbonyl (C=O) groups excluding carboxylic acids is 1. The molecule has 26 heavy (non-hydrogen) atoms. The Morgan fingerprint density at radius 1 is 1.23 bits per heavy atom. The summed E-state index contributed by atoms with van der Waals surface area (Å²) < 4.78 is 4.09. The summed E-state index contributed by atoms with van der Waals surface area (Å²) in [4.78, 5) is 12.6. The fraction of sp³-hybridized carbons (Fsp3) is 0.400. The zero-order valence-electron chi connectivity index (χ0n) is 14.8. The first kappa shape index (κ1) is 16.8. The Hall–Kier alpha value is -2.60. The Morgan fingerprint density at radius 2 is 2.08 bits per heavy atom. The van der Waals surface area contributed by atoms with Crippen molar-refractivity contribution in [2.45, 2.75) is 38.1 Å². The fourth-order valence-corrected chi connectivity index (χ4v) is 3.76. The lowest BCUT2D eigenvalue weighted by atomic mass is 10.2. The minimum absolute atomic E-state index is 0.0701. The normalized spacial score (nSPS) is 15.0. The number of fused-ring (bicyclic) bond motifs is 1. The molecule has 0 bridgehead atoms. The number of pyridine rings is 1. The SMILES string of the molecule is O=C(NCCCO)c1cc(-c2ccn(C3CCCC3)n2)n2ccccc12. The van der Waals surface area contributed by atoms with Gasteiger partial charge < -0.3 is 14.8 Å². The zero-order valence-corrected chi connectivity index (χ0v) is 14.8. The van der Waals surface area contributed by atoms with Crippen molar-refractivity contribution in [3.05, 3.63) is 48.3 Å². The van der Waals surface area contributed by atoms with Gasteiger partial charge in [-0.2, -0.15) is 5.10 Å². The largest absolute Gasteiger partial charge is 0.396 e. The summed E-state index contributed by atoms with van der Waals surface area (Å²) in [7, 11) is 0. The topological polar surface area (TPSA) is 71.6 Å². The number of nitrogens with one attached hydrogen (secondary N) is 1. The second-order valence-corrected chi connectivity index (χ2v) is 6.85. The number of carbonyl (C=O) groups is 1. The Balaban J connectivity index is 1.68. The van der Waals surface area contributed by atoms with Gasteiger partial charge in [0.05, 0.1) is 22.8 Å². The molecular weight excluding hydrogens is 328 g/mol. The van der Waals surface area contributed by atoms with E-state index in [9.17, 15) is 4.79 Å². The fourth-order valence-electron chi connectivity index (χ4n) is 3.76. The van der Waals surface area contributed by atoms with Crippen molar-refractivity contribution in [2.24, 2.45) is 0 Å². The monoisotopic (exact) mass is 352 g/mol. The predicted molar refractivity (Wildman–Crippen MR) is 100 cm³/mol. The van der Waals surface area contributed by atoms with Crippen LogP contribution in [0.25, 0.3) is 16.9 Å². The quantitative estimate of drug-likeness (QED) is 0.670. The minimum atomic E-state index is -0.122. The summed E-state index contributed by atoms with van der Waals surface area (Å²) in [5.41, 5.74) is 3.30. The third-order valence-electron chi connectivity index (χ3n) is 5.11. The Labute approximate surface area is 152 Å². The molecule has 3 aromatic rings. The van der Waals surface area contributed by atoms with E-state index < -0.39 is 0 Å². The predicted octanol–water partition coefficient (Wildman–Crippen LogP) is 3.03. The van der Waals surface area contributed by atoms with Crippen molar-refractivity contribution in [2.75, 3.05) is 13.2 Å². The third-order valence-corrected chi connectivity index (χ3v) is 5.11. The molecule has 0 spiro atoms. The number of amides is 1. The smallest absolute Gasteiger partial charge is 0.253 e. The number of aliphatic hydroxyl groups is 1. The molecule has 4 rings (SSSR count). The molecule has 1 amide bonds. The Kier molecular flexibility index (Phi) is 4.75. The molecular formula is C20H24N4O2. The highest BCUT2D eigenvalue weighted by molar-refractivity contribution is 6.02. The van der Waals surface area contributed by atoms with E-state index >= 15 is 0 Å². The lowest BCUT2D eigenvalue weighted by Crippen LogP contribution is -2.24. The Morgan fingerprint density at radius 3 is 2.88 bits per heavy atom. The summed E-state index contributed by atoms with van der Waals surface area (Å²) in [6.45, 7) is 0.534. The number of nitrogens with zero attached hydrogens (tertiary/aromatic N) is 3. The van der Waals surface area contributed by atoms with Gasteiger partial charge in [-0.15, -0.1) is 0 Å². The van der Waals surface area contributed by atoms with Crippen molar-refractivity contribution >= 4 is 11.4 Å². The molecule has 0 saturated heterocycles. The molecule has 2 N–H and O–H groups in total. The highest BCUT2D eigenvalue weighted by Gasteiger charge is 2.20. The minimum Gasteiger partial charge on any atom is -0.396 e. The number of aliphatic hydroxyl groups excluding tert-OH is 1. The summed E-state index contributed by atoms with van der Waals surface area (Å²) in [5, 5.41) is 16.6. The van der Waals surface area contributed by atoms with Crippen LogP contribution >= 0.6 is 0 Å². The van der Waals surface area contributed by atoms with Gasteiger partial charge >= 0.3 is 0 Å². The molecule has 1 aliphatic rings. The van der Waals surface area contributed by atoms with E-state index in [1.807, 2.05) is 40.9 Å². The second kappa shape index (κ2) is 7.33. The van der Waals surface area contributed by atoms with Crippen molar-refractivity contribution in [1.29, 1.82) is 0 Å². The maximum Gasteiger partial charge on any atom is 0.253 e. The van der Waals surface area contributed by atoms with Crippen LogP contribution in [0.5, 0.6) is 0 Å². The number of aromatic nitrogens is 3. The molecule has 6 heteroatoms. The van der Waals surface area contributed by atoms with Crippen molar-refractivity contribution < 1.29 is 9.90 Å². The molecule has 3 heterocycles. The second-order valence-electron chi connectivity index (χ2n) is 6.85. The van der Waals surface area contributed by atoms with Gasteiger partial charge in [-0.05, 0) is 43.5 Å². The van der Waals surface area contributed by atoms with Crippen LogP contribution in [0, 0.1) is 0 Å². The van der Waals surface area contributed by atoms with Crippen LogP contribution in [0.1, 0.15) is 48.5 Å². The number of hydrogen-bond donors (Lipinski definition) is 2. The van der Waals surface area contributed by atoms with Gasteiger partial charge in [0.15, 0.2) is 0 Å². The molecule has 1 fully saturated rings. The van der Waals surface area contributed by atoms with Gasteiger partial charge in [0, 0.05) is 25.5 Å². The van der Waals surface area contributed by atoms with E-state index in [1.165, 1.54) is 25.7 Å². The first-order chi connectivity index (χ1) is 12.8. The summed E-state index contributed by atoms with van der Waals surface area (Å²) in [6.07, 6.45) is 9.48. The molecule has 0 radical (unpaired) electrons. The van der Waals surface area contributed by atoms with E-state index in [-0.39, 0.29) is 12.5 Å². The van der Waals surface area contributed by atoms with Crippen molar-refractivity contribution in [1.82, 2.24) is 19.5 Å². The van der Waals surface area contributed by atoms with Crippen molar-refractivity contribution in [3.63, 3.8) is 0 Å². The molecule has 3 aromatic heterocycles. The van der Waals surface area contributed by atoms with Crippen LogP contribution in [0.15, 0.2) is 42.7 Å². The van der Waals surface area contributed by atoms with E-state index in [0.717, 1.165) is 16.9 Å². The van der Waals surface area contributed by atoms with E-state index in [1.54, 1.807) is 0 Å². The maximum atomic E-state index is 12.6. The van der Waals surface area contributed by atoms with Gasteiger partial charge in [-0.3, -0.25) is 9.48 Å². The molecule has 1 saturated carbocycles. The molecule has 136 valence electrons. The number of rotatable bonds is 6. The van der Waals surface area contributed by atoms with Crippen LogP contribution < -0.4 is 5.32 Å². The van der Waals surface area contributed by atoms with Crippen molar-refractivity contribution in [3.8, 4) is 11.4 Å². The molecule has 0 unspecified atom stereocenters. The summed E-state index contributed by atoms with van der Waals surface area (Å²) in [6, 6.07) is 10.3. The van der Waals surface area contributed by atoms with Gasteiger partial charge in [0.1, 0.15) is 5.69 Å². The first-order valence-electron chi connectivity index (χ1n) is 9.32. The van der Waals surface area contributed by atoms with Gasteiger partial charge in [0.25, 0.3) is 5.91 Å². The highest BCUT2D eigenvalue weighted by Crippen LogP contribution is 2.31. The van der Waals surface area contributed by atoms with Crippen LogP contribution in [-0.2, 0) is 0 Å². The molecule has 6 nitrogen and oxygen atoms in total. The van der Waals surface area contributed by atoms with Crippen LogP contribution in [0.3, 0.4) is 0 Å². The highest BCUT2D eigenvalue weighted by atomic mass is 16.3. The van der Waals surface area contributed by atoms with Gasteiger partial charge in [-0.1, -0.05) is 18.9 Å². The molecule has 0 atom stereocenters. The molecule has 1 aliphatic carbocycles. The molecule has 0 aliphatic heterocycles. The van der Waals surface area contributed by atoms with Crippen LogP contribution in [0.2, 0.25) is 0 Å². The van der Waals surface area contributed by atoms with E-state index in [4.69, 9.17) is 10.2 Å². The van der Waals surface area contributed by atoms with Crippen LogP contribution in [0.4, 0.5) is 0 Å². The first-order valence-corrected chi connectivity index (χ1v) is 9.32. The lowest BCUT2D eigenvalue weighted by Gasteiger charge is -2.08. The summed E-state index contributed by atoms with van der Waals surface area (Å²) in [5.74, 6) is -0.122. The third kappa shape index (κ3) is 3.12. The standard InChI is InChI=1S/C20H24N4O2/c25-13-5-10-21-20(26)16-14-19(23-11-4-3-8-18(16)23)17-9-12-24(22-17)15-6-1-2-7-15/h3-4,8-9,11-12,14-15,25H,1-2,5-7,10,13H2,(H,21,26). The average Bonchev–Trinajstić information content (AvgIpc) is 3.39. The lowest BCUT2D eigenvalue weighted by molar-refractivity contribution is 0.0953. The van der Waals surface area contributed by atoms with Crippen LogP contribution in [-0.4, -0.2) is 38.3 Å². The summed E-state index contributed by atoms with van der Waals surface area (Å²) >= 11 is 0. The Bertz CT molecular complexity index is 906. The average molecular weight is 352 g/mol. The van der Waals surface area contributed by atoms with Gasteiger partial charge in [-0.25, -0.2) is 0 Å².